The smallest absolute Gasteiger partial charge is 0.169 e. The maximum atomic E-state index is 13.1. The van der Waals surface area contributed by atoms with Gasteiger partial charge in [-0.25, -0.2) is 0 Å². The average molecular weight is 330 g/mol. The number of hydrogen-bond acceptors (Lipinski definition) is 2. The first-order chi connectivity index (χ1) is 12.2. The number of fused-ring (bicyclic) bond motifs is 1. The molecule has 1 fully saturated rings. The van der Waals surface area contributed by atoms with E-state index in [0.717, 1.165) is 48.8 Å². The summed E-state index contributed by atoms with van der Waals surface area (Å²) in [6, 6.07) is 16.1. The van der Waals surface area contributed by atoms with Crippen LogP contribution in [-0.2, 0) is 11.2 Å². The van der Waals surface area contributed by atoms with Gasteiger partial charge in [0.1, 0.15) is 0 Å². The number of hydrogen-bond donors (Lipinski definition) is 0. The Morgan fingerprint density at radius 3 is 2.44 bits per heavy atom. The van der Waals surface area contributed by atoms with Gasteiger partial charge in [0.25, 0.3) is 0 Å². The van der Waals surface area contributed by atoms with Crippen LogP contribution in [0, 0.1) is 17.3 Å². The third-order valence-corrected chi connectivity index (χ3v) is 5.71. The molecular weight excluding hydrogens is 308 g/mol. The maximum absolute atomic E-state index is 13.1. The van der Waals surface area contributed by atoms with Crippen molar-refractivity contribution in [1.29, 1.82) is 0 Å². The summed E-state index contributed by atoms with van der Waals surface area (Å²) in [7, 11) is 1.77. The van der Waals surface area contributed by atoms with E-state index in [-0.39, 0.29) is 5.41 Å². The average Bonchev–Trinajstić information content (AvgIpc) is 2.93. The van der Waals surface area contributed by atoms with E-state index in [1.807, 2.05) is 42.5 Å². The van der Waals surface area contributed by atoms with Gasteiger partial charge in [0, 0.05) is 29.2 Å². The summed E-state index contributed by atoms with van der Waals surface area (Å²) in [6.07, 6.45) is 5.03. The van der Waals surface area contributed by atoms with Crippen molar-refractivity contribution in [2.75, 3.05) is 7.11 Å². The summed E-state index contributed by atoms with van der Waals surface area (Å²) < 4.78 is 5.47. The van der Waals surface area contributed by atoms with E-state index in [2.05, 4.69) is 17.9 Å². The lowest BCUT2D eigenvalue weighted by atomic mass is 9.70. The predicted molar refractivity (Wildman–Crippen MR) is 98.6 cm³/mol. The van der Waals surface area contributed by atoms with Crippen LogP contribution < -0.4 is 0 Å². The van der Waals surface area contributed by atoms with E-state index in [1.165, 1.54) is 5.56 Å². The molecule has 2 aromatic rings. The minimum absolute atomic E-state index is 0.192. The van der Waals surface area contributed by atoms with Gasteiger partial charge in [-0.3, -0.25) is 4.79 Å². The Hall–Kier alpha value is -2.37. The number of ether oxygens (including phenoxy) is 1. The number of rotatable bonds is 1. The van der Waals surface area contributed by atoms with Gasteiger partial charge in [0.15, 0.2) is 5.78 Å². The monoisotopic (exact) mass is 330 g/mol. The molecule has 126 valence electrons. The predicted octanol–water partition coefficient (Wildman–Crippen LogP) is 4.40. The molecule has 0 aliphatic heterocycles. The Labute approximate surface area is 149 Å². The van der Waals surface area contributed by atoms with Crippen molar-refractivity contribution in [3.05, 3.63) is 70.8 Å². The molecule has 4 rings (SSSR count). The Morgan fingerprint density at radius 1 is 1.00 bits per heavy atom. The first-order valence-corrected chi connectivity index (χ1v) is 8.98. The second-order valence-corrected chi connectivity index (χ2v) is 7.21. The fraction of sp³-hybridized carbons (Fsp3) is 0.348. The van der Waals surface area contributed by atoms with Crippen LogP contribution in [0.3, 0.4) is 0 Å². The normalized spacial score (nSPS) is 24.7. The third-order valence-electron chi connectivity index (χ3n) is 5.71. The minimum Gasteiger partial charge on any atom is -0.381 e. The molecule has 2 heteroatoms. The zero-order valence-corrected chi connectivity index (χ0v) is 14.5. The van der Waals surface area contributed by atoms with Crippen LogP contribution in [0.15, 0.2) is 48.5 Å². The molecule has 2 nitrogen and oxygen atoms in total. The molecule has 2 aliphatic rings. The van der Waals surface area contributed by atoms with E-state index in [9.17, 15) is 4.79 Å². The van der Waals surface area contributed by atoms with E-state index < -0.39 is 0 Å². The highest BCUT2D eigenvalue weighted by Crippen LogP contribution is 2.47. The summed E-state index contributed by atoms with van der Waals surface area (Å²) in [5.41, 5.74) is 3.78. The van der Waals surface area contributed by atoms with E-state index in [0.29, 0.717) is 11.9 Å². The second-order valence-electron chi connectivity index (χ2n) is 7.21. The Bertz CT molecular complexity index is 847. The topological polar surface area (TPSA) is 26.3 Å². The van der Waals surface area contributed by atoms with Crippen molar-refractivity contribution < 1.29 is 9.53 Å². The van der Waals surface area contributed by atoms with E-state index in [4.69, 9.17) is 4.74 Å². The molecule has 1 saturated carbocycles. The van der Waals surface area contributed by atoms with Gasteiger partial charge in [-0.1, -0.05) is 36.1 Å². The summed E-state index contributed by atoms with van der Waals surface area (Å²) in [4.78, 5) is 13.1. The van der Waals surface area contributed by atoms with Gasteiger partial charge >= 0.3 is 0 Å². The van der Waals surface area contributed by atoms with Crippen molar-refractivity contribution in [3.63, 3.8) is 0 Å². The summed E-state index contributed by atoms with van der Waals surface area (Å²) in [6.45, 7) is 0. The molecule has 2 aliphatic carbocycles. The molecule has 25 heavy (non-hydrogen) atoms. The number of Topliss-reactive ketones (excluding diaryl/α,β-unsaturated/α-hetero) is 1. The van der Waals surface area contributed by atoms with Crippen LogP contribution in [0.1, 0.15) is 52.7 Å². The van der Waals surface area contributed by atoms with Gasteiger partial charge in [-0.15, -0.1) is 0 Å². The fourth-order valence-corrected chi connectivity index (χ4v) is 4.20. The number of ketones is 1. The fourth-order valence-electron chi connectivity index (χ4n) is 4.20. The molecule has 0 radical (unpaired) electrons. The van der Waals surface area contributed by atoms with Gasteiger partial charge in [-0.05, 0) is 61.9 Å². The Kier molecular flexibility index (Phi) is 4.19. The van der Waals surface area contributed by atoms with Crippen molar-refractivity contribution in [2.24, 2.45) is 5.41 Å². The summed E-state index contributed by atoms with van der Waals surface area (Å²) in [5, 5.41) is 0. The first-order valence-electron chi connectivity index (χ1n) is 8.98. The summed E-state index contributed by atoms with van der Waals surface area (Å²) >= 11 is 0. The van der Waals surface area contributed by atoms with Crippen LogP contribution in [-0.4, -0.2) is 19.0 Å². The number of benzene rings is 2. The van der Waals surface area contributed by atoms with Gasteiger partial charge < -0.3 is 4.74 Å². The maximum Gasteiger partial charge on any atom is 0.169 e. The lowest BCUT2D eigenvalue weighted by Crippen LogP contribution is -2.35. The SMILES string of the molecule is COC1CCC2(CC1)Cc1ccc(C#Cc3ccccc3)cc1C2=O. The van der Waals surface area contributed by atoms with E-state index >= 15 is 0 Å². The Balaban J connectivity index is 1.58. The standard InChI is InChI=1S/C23H22O2/c1-25-20-11-13-23(14-12-20)16-19-10-9-18(15-21(19)22(23)24)8-7-17-5-3-2-4-6-17/h2-6,9-10,15,20H,11-14,16H2,1H3. The van der Waals surface area contributed by atoms with Crippen LogP contribution in [0.25, 0.3) is 0 Å². The zero-order chi connectivity index (χ0) is 17.3. The highest BCUT2D eigenvalue weighted by Gasteiger charge is 2.47. The molecular formula is C23H22O2. The number of methoxy groups -OCH3 is 1. The quantitative estimate of drug-likeness (QED) is 0.725. The lowest BCUT2D eigenvalue weighted by molar-refractivity contribution is 0.0285. The molecule has 0 aromatic heterocycles. The molecule has 0 atom stereocenters. The molecule has 1 spiro atoms. The van der Waals surface area contributed by atoms with Crippen LogP contribution in [0.5, 0.6) is 0 Å². The van der Waals surface area contributed by atoms with Crippen molar-refractivity contribution >= 4 is 5.78 Å². The van der Waals surface area contributed by atoms with Crippen LogP contribution in [0.2, 0.25) is 0 Å². The van der Waals surface area contributed by atoms with Gasteiger partial charge in [-0.2, -0.15) is 0 Å². The second kappa shape index (κ2) is 6.50. The Morgan fingerprint density at radius 2 is 1.72 bits per heavy atom. The van der Waals surface area contributed by atoms with Gasteiger partial charge in [0.2, 0.25) is 0 Å². The molecule has 0 heterocycles. The minimum atomic E-state index is -0.192. The molecule has 0 N–H and O–H groups in total. The number of carbonyl (C=O) groups excluding carboxylic acids is 1. The first kappa shape index (κ1) is 16.1. The largest absolute Gasteiger partial charge is 0.381 e. The molecule has 2 aromatic carbocycles. The van der Waals surface area contributed by atoms with Crippen molar-refractivity contribution in [3.8, 4) is 11.8 Å². The zero-order valence-electron chi connectivity index (χ0n) is 14.5. The van der Waals surface area contributed by atoms with E-state index in [1.54, 1.807) is 7.11 Å². The van der Waals surface area contributed by atoms with Crippen LogP contribution >= 0.6 is 0 Å². The van der Waals surface area contributed by atoms with Crippen molar-refractivity contribution in [2.45, 2.75) is 38.2 Å². The van der Waals surface area contributed by atoms with Crippen molar-refractivity contribution in [1.82, 2.24) is 0 Å². The molecule has 0 amide bonds. The van der Waals surface area contributed by atoms with Gasteiger partial charge in [0.05, 0.1) is 6.10 Å². The highest BCUT2D eigenvalue weighted by molar-refractivity contribution is 6.05. The highest BCUT2D eigenvalue weighted by atomic mass is 16.5. The molecule has 0 saturated heterocycles. The lowest BCUT2D eigenvalue weighted by Gasteiger charge is -2.35. The third kappa shape index (κ3) is 3.01. The van der Waals surface area contributed by atoms with Crippen LogP contribution in [0.4, 0.5) is 0 Å². The molecule has 0 bridgehead atoms. The molecule has 0 unspecified atom stereocenters. The summed E-state index contributed by atoms with van der Waals surface area (Å²) in [5.74, 6) is 6.69. The number of carbonyl (C=O) groups is 1.